The third-order valence-electron chi connectivity index (χ3n) is 4.90. The Balaban J connectivity index is 1.92. The number of pyridine rings is 1. The zero-order chi connectivity index (χ0) is 21.0. The van der Waals surface area contributed by atoms with Crippen LogP contribution in [0.1, 0.15) is 10.4 Å². The van der Waals surface area contributed by atoms with Crippen LogP contribution in [0.4, 0.5) is 22.7 Å². The van der Waals surface area contributed by atoms with Gasteiger partial charge in [-0.05, 0) is 12.1 Å². The lowest BCUT2D eigenvalue weighted by Crippen LogP contribution is -2.47. The highest BCUT2D eigenvalue weighted by Crippen LogP contribution is 2.36. The number of carbonyl (C=O) groups excluding carboxylic acids is 1. The van der Waals surface area contributed by atoms with E-state index in [1.807, 2.05) is 6.07 Å². The second-order valence-electron chi connectivity index (χ2n) is 6.66. The number of amides is 1. The number of nitrogens with one attached hydrogen (secondary N) is 2. The molecule has 156 valence electrons. The highest BCUT2D eigenvalue weighted by molar-refractivity contribution is 6.34. The van der Waals surface area contributed by atoms with Crippen molar-refractivity contribution in [1.82, 2.24) is 15.2 Å². The van der Waals surface area contributed by atoms with Crippen LogP contribution in [0.3, 0.4) is 0 Å². The number of carbonyl (C=O) groups is 1. The van der Waals surface area contributed by atoms with Crippen molar-refractivity contribution in [2.45, 2.75) is 0 Å². The first-order chi connectivity index (χ1) is 13.9. The van der Waals surface area contributed by atoms with Crippen LogP contribution in [0.5, 0.6) is 0 Å². The van der Waals surface area contributed by atoms with Gasteiger partial charge < -0.3 is 26.4 Å². The maximum absolute atomic E-state index is 12.6. The number of nitrogens with zero attached hydrogens (tertiary/aromatic N) is 3. The van der Waals surface area contributed by atoms with Gasteiger partial charge in [-0.3, -0.25) is 9.69 Å². The van der Waals surface area contributed by atoms with Crippen LogP contribution in [0.2, 0.25) is 10.2 Å². The normalized spacial score (nSPS) is 14.7. The minimum Gasteiger partial charge on any atom is -0.396 e. The summed E-state index contributed by atoms with van der Waals surface area (Å²) in [5.74, 6) is -0.304. The molecule has 1 saturated heterocycles. The van der Waals surface area contributed by atoms with E-state index in [-0.39, 0.29) is 17.7 Å². The number of aliphatic hydroxyl groups excluding tert-OH is 1. The summed E-state index contributed by atoms with van der Waals surface area (Å²) in [4.78, 5) is 20.9. The third kappa shape index (κ3) is 4.84. The van der Waals surface area contributed by atoms with Gasteiger partial charge in [0.2, 0.25) is 0 Å². The van der Waals surface area contributed by atoms with Gasteiger partial charge in [0.25, 0.3) is 5.91 Å². The minimum absolute atomic E-state index is 0.144. The summed E-state index contributed by atoms with van der Waals surface area (Å²) in [6, 6.07) is 5.28. The summed E-state index contributed by atoms with van der Waals surface area (Å²) >= 11 is 12.2. The molecule has 0 saturated carbocycles. The van der Waals surface area contributed by atoms with Gasteiger partial charge in [-0.1, -0.05) is 23.2 Å². The molecule has 1 aromatic carbocycles. The first-order valence-electron chi connectivity index (χ1n) is 9.25. The Kier molecular flexibility index (Phi) is 7.02. The number of nitrogen functional groups attached to an aromatic ring is 1. The van der Waals surface area contributed by atoms with Crippen molar-refractivity contribution in [2.24, 2.45) is 0 Å². The number of β-amino-alcohol motifs (C(OH)–C–C–N with tert-alkyl or cyclic N) is 1. The van der Waals surface area contributed by atoms with E-state index in [9.17, 15) is 4.79 Å². The first-order valence-corrected chi connectivity index (χ1v) is 10.0. The van der Waals surface area contributed by atoms with Crippen molar-refractivity contribution >= 4 is 51.9 Å². The number of nitrogens with two attached hydrogens (primary N) is 1. The molecule has 1 amide bonds. The summed E-state index contributed by atoms with van der Waals surface area (Å²) in [6.45, 7) is 3.96. The number of hydrogen-bond donors (Lipinski definition) is 4. The van der Waals surface area contributed by atoms with Crippen LogP contribution in [-0.2, 0) is 0 Å². The van der Waals surface area contributed by atoms with Crippen LogP contribution in [0, 0.1) is 0 Å². The molecule has 0 aliphatic carbocycles. The Morgan fingerprint density at radius 1 is 1.24 bits per heavy atom. The molecule has 10 heteroatoms. The molecule has 3 rings (SSSR count). The minimum atomic E-state index is -0.304. The molecule has 0 atom stereocenters. The average molecular weight is 439 g/mol. The van der Waals surface area contributed by atoms with Crippen molar-refractivity contribution < 1.29 is 9.90 Å². The summed E-state index contributed by atoms with van der Waals surface area (Å²) in [7, 11) is 1.56. The fraction of sp³-hybridized carbons (Fsp3) is 0.368. The Hall–Kier alpha value is -2.26. The number of halogens is 2. The van der Waals surface area contributed by atoms with Crippen molar-refractivity contribution in [3.05, 3.63) is 40.1 Å². The Bertz CT molecular complexity index is 887. The molecule has 0 spiro atoms. The largest absolute Gasteiger partial charge is 0.396 e. The van der Waals surface area contributed by atoms with E-state index in [1.54, 1.807) is 19.2 Å². The smallest absolute Gasteiger partial charge is 0.255 e. The van der Waals surface area contributed by atoms with Crippen LogP contribution in [-0.4, -0.2) is 67.3 Å². The predicted octanol–water partition coefficient (Wildman–Crippen LogP) is 2.19. The number of benzene rings is 1. The second kappa shape index (κ2) is 9.49. The number of piperazine rings is 1. The number of anilines is 4. The number of hydrogen-bond acceptors (Lipinski definition) is 7. The average Bonchev–Trinajstić information content (AvgIpc) is 2.71. The SMILES string of the molecule is CNC(=O)c1c(Nc2cc(Cl)ncc2Cl)ccc(N2CCN(CCO)CC2)c1N. The summed E-state index contributed by atoms with van der Waals surface area (Å²) in [6.07, 6.45) is 1.44. The maximum atomic E-state index is 12.6. The van der Waals surface area contributed by atoms with Gasteiger partial charge in [-0.2, -0.15) is 0 Å². The van der Waals surface area contributed by atoms with E-state index < -0.39 is 0 Å². The molecule has 29 heavy (non-hydrogen) atoms. The van der Waals surface area contributed by atoms with Crippen molar-refractivity contribution in [3.63, 3.8) is 0 Å². The monoisotopic (exact) mass is 438 g/mol. The van der Waals surface area contributed by atoms with Gasteiger partial charge in [0.15, 0.2) is 0 Å². The lowest BCUT2D eigenvalue weighted by molar-refractivity contribution is 0.0965. The molecular formula is C19H24Cl2N6O2. The van der Waals surface area contributed by atoms with Gasteiger partial charge in [-0.15, -0.1) is 0 Å². The van der Waals surface area contributed by atoms with Crippen LogP contribution in [0.25, 0.3) is 0 Å². The zero-order valence-electron chi connectivity index (χ0n) is 16.1. The molecule has 8 nitrogen and oxygen atoms in total. The van der Waals surface area contributed by atoms with Gasteiger partial charge in [0.1, 0.15) is 5.15 Å². The van der Waals surface area contributed by atoms with Crippen molar-refractivity contribution in [3.8, 4) is 0 Å². The zero-order valence-corrected chi connectivity index (χ0v) is 17.6. The fourth-order valence-electron chi connectivity index (χ4n) is 3.37. The third-order valence-corrected chi connectivity index (χ3v) is 5.41. The standard InChI is InChI=1S/C19H24Cl2N6O2/c1-23-19(29)17-13(25-14-10-16(21)24-11-12(14)20)2-3-15(18(17)22)27-6-4-26(5-7-27)8-9-28/h2-3,10-11,28H,4-9,22H2,1H3,(H,23,29)(H,24,25). The predicted molar refractivity (Wildman–Crippen MR) is 118 cm³/mol. The molecule has 1 aliphatic rings. The molecule has 1 fully saturated rings. The molecule has 0 bridgehead atoms. The van der Waals surface area contributed by atoms with Gasteiger partial charge in [0, 0.05) is 52.0 Å². The number of aromatic nitrogens is 1. The van der Waals surface area contributed by atoms with E-state index in [0.29, 0.717) is 34.2 Å². The summed E-state index contributed by atoms with van der Waals surface area (Å²) in [5.41, 5.74) is 9.02. The Labute approximate surface area is 179 Å². The van der Waals surface area contributed by atoms with Crippen LogP contribution < -0.4 is 21.3 Å². The molecule has 0 radical (unpaired) electrons. The van der Waals surface area contributed by atoms with E-state index in [4.69, 9.17) is 34.0 Å². The molecule has 5 N–H and O–H groups in total. The van der Waals surface area contributed by atoms with E-state index in [0.717, 1.165) is 31.9 Å². The molecule has 1 aliphatic heterocycles. The Morgan fingerprint density at radius 3 is 2.62 bits per heavy atom. The van der Waals surface area contributed by atoms with Gasteiger partial charge in [0.05, 0.1) is 39.9 Å². The lowest BCUT2D eigenvalue weighted by Gasteiger charge is -2.36. The van der Waals surface area contributed by atoms with Gasteiger partial charge in [-0.25, -0.2) is 4.98 Å². The van der Waals surface area contributed by atoms with Crippen LogP contribution in [0.15, 0.2) is 24.4 Å². The van der Waals surface area contributed by atoms with Crippen molar-refractivity contribution in [1.29, 1.82) is 0 Å². The molecule has 2 heterocycles. The summed E-state index contributed by atoms with van der Waals surface area (Å²) < 4.78 is 0. The van der Waals surface area contributed by atoms with Gasteiger partial charge >= 0.3 is 0 Å². The molecule has 0 unspecified atom stereocenters. The highest BCUT2D eigenvalue weighted by Gasteiger charge is 2.23. The number of rotatable bonds is 6. The lowest BCUT2D eigenvalue weighted by atomic mass is 10.1. The first kappa shape index (κ1) is 21.4. The van der Waals surface area contributed by atoms with E-state index >= 15 is 0 Å². The quantitative estimate of drug-likeness (QED) is 0.404. The molecule has 2 aromatic rings. The summed E-state index contributed by atoms with van der Waals surface area (Å²) in [5, 5.41) is 15.5. The topological polar surface area (TPSA) is 107 Å². The molecular weight excluding hydrogens is 415 g/mol. The Morgan fingerprint density at radius 2 is 1.97 bits per heavy atom. The maximum Gasteiger partial charge on any atom is 0.255 e. The van der Waals surface area contributed by atoms with E-state index in [1.165, 1.54) is 6.20 Å². The molecule has 1 aromatic heterocycles. The number of aliphatic hydroxyl groups is 1. The van der Waals surface area contributed by atoms with Crippen LogP contribution >= 0.6 is 23.2 Å². The van der Waals surface area contributed by atoms with Crippen molar-refractivity contribution in [2.75, 3.05) is 62.3 Å². The highest BCUT2D eigenvalue weighted by atomic mass is 35.5. The fourth-order valence-corrected chi connectivity index (χ4v) is 3.67. The van der Waals surface area contributed by atoms with E-state index in [2.05, 4.69) is 25.4 Å². The second-order valence-corrected chi connectivity index (χ2v) is 7.46.